The molecule has 0 aliphatic carbocycles. The lowest BCUT2D eigenvalue weighted by atomic mass is 9.73. The summed E-state index contributed by atoms with van der Waals surface area (Å²) in [5, 5.41) is 0. The monoisotopic (exact) mass is 484 g/mol. The summed E-state index contributed by atoms with van der Waals surface area (Å²) in [4.78, 5) is 26.3. The van der Waals surface area contributed by atoms with E-state index >= 15 is 0 Å². The van der Waals surface area contributed by atoms with Crippen molar-refractivity contribution in [3.05, 3.63) is 89.5 Å². The lowest BCUT2D eigenvalue weighted by molar-refractivity contribution is -0.0300. The molecule has 3 aromatic rings. The number of amides is 1. The lowest BCUT2D eigenvalue weighted by Crippen LogP contribution is -2.51. The maximum Gasteiger partial charge on any atom is 0.410 e. The van der Waals surface area contributed by atoms with Gasteiger partial charge >= 0.3 is 6.09 Å². The van der Waals surface area contributed by atoms with Crippen molar-refractivity contribution >= 4 is 6.09 Å². The third kappa shape index (κ3) is 4.67. The van der Waals surface area contributed by atoms with Crippen LogP contribution in [0.5, 0.6) is 5.75 Å². The van der Waals surface area contributed by atoms with Crippen molar-refractivity contribution < 1.29 is 14.3 Å². The molecule has 1 aromatic heterocycles. The SMILES string of the molecule is O=C(OCC12CCN(CC1)CC2)N1CCc2ccccc2[C@H]1c1ccc(OCc2ncccn2)cc1. The van der Waals surface area contributed by atoms with Crippen LogP contribution in [0.15, 0.2) is 67.0 Å². The molecule has 7 rings (SSSR count). The van der Waals surface area contributed by atoms with Gasteiger partial charge in [0.2, 0.25) is 0 Å². The molecule has 0 saturated carbocycles. The molecule has 5 heterocycles. The van der Waals surface area contributed by atoms with Crippen molar-refractivity contribution in [2.24, 2.45) is 5.41 Å². The van der Waals surface area contributed by atoms with Crippen LogP contribution in [0.4, 0.5) is 4.79 Å². The van der Waals surface area contributed by atoms with Gasteiger partial charge in [-0.15, -0.1) is 0 Å². The molecule has 4 aliphatic heterocycles. The molecule has 4 aliphatic rings. The van der Waals surface area contributed by atoms with Crippen molar-refractivity contribution in [1.29, 1.82) is 0 Å². The number of nitrogens with zero attached hydrogens (tertiary/aromatic N) is 4. The van der Waals surface area contributed by atoms with Crippen molar-refractivity contribution in [3.63, 3.8) is 0 Å². The molecular weight excluding hydrogens is 452 g/mol. The van der Waals surface area contributed by atoms with Gasteiger partial charge in [0.1, 0.15) is 12.4 Å². The number of fused-ring (bicyclic) bond motifs is 4. The van der Waals surface area contributed by atoms with Gasteiger partial charge in [-0.25, -0.2) is 14.8 Å². The number of piperidine rings is 3. The number of rotatable bonds is 6. The van der Waals surface area contributed by atoms with Gasteiger partial charge in [0, 0.05) is 24.4 Å². The van der Waals surface area contributed by atoms with Gasteiger partial charge < -0.3 is 14.4 Å². The summed E-state index contributed by atoms with van der Waals surface area (Å²) in [6.45, 7) is 4.86. The highest BCUT2D eigenvalue weighted by atomic mass is 16.6. The fraction of sp³-hybridized carbons (Fsp3) is 0.414. The Balaban J connectivity index is 1.19. The molecule has 3 saturated heterocycles. The van der Waals surface area contributed by atoms with E-state index in [-0.39, 0.29) is 17.6 Å². The summed E-state index contributed by atoms with van der Waals surface area (Å²) in [7, 11) is 0. The fourth-order valence-electron chi connectivity index (χ4n) is 5.83. The number of carbonyl (C=O) groups is 1. The van der Waals surface area contributed by atoms with Crippen LogP contribution in [0.3, 0.4) is 0 Å². The van der Waals surface area contributed by atoms with Crippen LogP contribution in [0.2, 0.25) is 0 Å². The predicted molar refractivity (Wildman–Crippen MR) is 136 cm³/mol. The van der Waals surface area contributed by atoms with Crippen LogP contribution in [-0.4, -0.2) is 58.6 Å². The van der Waals surface area contributed by atoms with Crippen molar-refractivity contribution in [3.8, 4) is 5.75 Å². The molecule has 0 radical (unpaired) electrons. The van der Waals surface area contributed by atoms with E-state index in [4.69, 9.17) is 9.47 Å². The Morgan fingerprint density at radius 3 is 2.39 bits per heavy atom. The standard InChI is InChI=1S/C29H32N4O3/c34-28(36-21-29-11-17-32(18-12-29)19-13-29)33-16-10-22-4-1-2-5-25(22)27(33)23-6-8-24(9-7-23)35-20-26-30-14-3-15-31-26/h1-9,14-15,27H,10-13,16-21H2/t27-/m1/s1. The van der Waals surface area contributed by atoms with E-state index in [1.165, 1.54) is 5.56 Å². The van der Waals surface area contributed by atoms with E-state index in [1.807, 2.05) is 35.2 Å². The first kappa shape index (κ1) is 23.0. The van der Waals surface area contributed by atoms with Crippen molar-refractivity contribution in [1.82, 2.24) is 19.8 Å². The quantitative estimate of drug-likeness (QED) is 0.508. The number of ether oxygens (including phenoxy) is 2. The Hall–Kier alpha value is -3.45. The number of hydrogen-bond donors (Lipinski definition) is 0. The summed E-state index contributed by atoms with van der Waals surface area (Å²) in [5.74, 6) is 1.38. The van der Waals surface area contributed by atoms with Crippen molar-refractivity contribution in [2.45, 2.75) is 38.3 Å². The second-order valence-corrected chi connectivity index (χ2v) is 10.2. The third-order valence-corrected chi connectivity index (χ3v) is 8.08. The molecule has 1 amide bonds. The Kier molecular flexibility index (Phi) is 6.32. The lowest BCUT2D eigenvalue weighted by Gasteiger charge is -2.48. The number of benzene rings is 2. The van der Waals surface area contributed by atoms with Gasteiger partial charge in [-0.2, -0.15) is 0 Å². The van der Waals surface area contributed by atoms with E-state index in [2.05, 4.69) is 33.1 Å². The highest BCUT2D eigenvalue weighted by molar-refractivity contribution is 5.70. The van der Waals surface area contributed by atoms with Gasteiger partial charge in [-0.3, -0.25) is 4.90 Å². The largest absolute Gasteiger partial charge is 0.486 e. The molecule has 3 fully saturated rings. The maximum atomic E-state index is 13.5. The van der Waals surface area contributed by atoms with E-state index in [0.29, 0.717) is 25.6 Å². The van der Waals surface area contributed by atoms with Crippen LogP contribution in [0.1, 0.15) is 47.8 Å². The summed E-state index contributed by atoms with van der Waals surface area (Å²) in [6.07, 6.45) is 7.42. The summed E-state index contributed by atoms with van der Waals surface area (Å²) < 4.78 is 11.9. The molecular formula is C29H32N4O3. The summed E-state index contributed by atoms with van der Waals surface area (Å²) >= 11 is 0. The van der Waals surface area contributed by atoms with E-state index < -0.39 is 0 Å². The summed E-state index contributed by atoms with van der Waals surface area (Å²) in [6, 6.07) is 18.0. The van der Waals surface area contributed by atoms with Crippen LogP contribution in [-0.2, 0) is 17.8 Å². The normalized spacial score (nSPS) is 24.7. The maximum absolute atomic E-state index is 13.5. The first-order chi connectivity index (χ1) is 17.7. The topological polar surface area (TPSA) is 67.8 Å². The average molecular weight is 485 g/mol. The molecule has 0 N–H and O–H groups in total. The van der Waals surface area contributed by atoms with Crippen LogP contribution in [0, 0.1) is 5.41 Å². The molecule has 0 spiro atoms. The predicted octanol–water partition coefficient (Wildman–Crippen LogP) is 4.63. The number of aromatic nitrogens is 2. The second-order valence-electron chi connectivity index (χ2n) is 10.2. The van der Waals surface area contributed by atoms with Gasteiger partial charge in [0.15, 0.2) is 5.82 Å². The van der Waals surface area contributed by atoms with Gasteiger partial charge in [-0.05, 0) is 80.2 Å². The number of carbonyl (C=O) groups excluding carboxylic acids is 1. The van der Waals surface area contributed by atoms with Gasteiger partial charge in [0.05, 0.1) is 12.6 Å². The zero-order valence-electron chi connectivity index (χ0n) is 20.5. The zero-order chi connectivity index (χ0) is 24.4. The molecule has 1 atom stereocenters. The number of hydrogen-bond acceptors (Lipinski definition) is 6. The molecule has 2 bridgehead atoms. The Labute approximate surface area is 212 Å². The van der Waals surface area contributed by atoms with Crippen molar-refractivity contribution in [2.75, 3.05) is 32.8 Å². The third-order valence-electron chi connectivity index (χ3n) is 8.08. The minimum Gasteiger partial charge on any atom is -0.486 e. The van der Waals surface area contributed by atoms with Gasteiger partial charge in [0.25, 0.3) is 0 Å². The molecule has 36 heavy (non-hydrogen) atoms. The molecule has 2 aromatic carbocycles. The Morgan fingerprint density at radius 1 is 0.917 bits per heavy atom. The van der Waals surface area contributed by atoms with E-state index in [1.54, 1.807) is 18.5 Å². The minimum atomic E-state index is -0.210. The zero-order valence-corrected chi connectivity index (χ0v) is 20.5. The highest BCUT2D eigenvalue weighted by Crippen LogP contribution is 2.41. The molecule has 7 nitrogen and oxygen atoms in total. The van der Waals surface area contributed by atoms with Crippen LogP contribution >= 0.6 is 0 Å². The molecule has 186 valence electrons. The molecule has 0 unspecified atom stereocenters. The summed E-state index contributed by atoms with van der Waals surface area (Å²) in [5.41, 5.74) is 3.66. The Bertz CT molecular complexity index is 1180. The smallest absolute Gasteiger partial charge is 0.410 e. The second kappa shape index (κ2) is 9.90. The van der Waals surface area contributed by atoms with Gasteiger partial charge in [-0.1, -0.05) is 36.4 Å². The molecule has 7 heteroatoms. The van der Waals surface area contributed by atoms with Crippen LogP contribution < -0.4 is 4.74 Å². The fourth-order valence-corrected chi connectivity index (χ4v) is 5.83. The Morgan fingerprint density at radius 2 is 1.64 bits per heavy atom. The van der Waals surface area contributed by atoms with E-state index in [0.717, 1.165) is 62.2 Å². The highest BCUT2D eigenvalue weighted by Gasteiger charge is 2.41. The minimum absolute atomic E-state index is 0.162. The average Bonchev–Trinajstić information content (AvgIpc) is 2.96. The first-order valence-corrected chi connectivity index (χ1v) is 12.9. The van der Waals surface area contributed by atoms with E-state index in [9.17, 15) is 4.79 Å². The van der Waals surface area contributed by atoms with Crippen LogP contribution in [0.25, 0.3) is 0 Å². The first-order valence-electron chi connectivity index (χ1n) is 12.9.